The second-order valence-corrected chi connectivity index (χ2v) is 19.4. The second kappa shape index (κ2) is 34.5. The third-order valence-electron chi connectivity index (χ3n) is 14.4. The van der Waals surface area contributed by atoms with Gasteiger partial charge in [-0.05, 0) is 89.4 Å². The highest BCUT2D eigenvalue weighted by molar-refractivity contribution is 5.78. The number of unbranched alkanes of at least 4 members (excludes halogenated alkanes) is 14. The number of carboxylic acids is 2. The molecule has 0 aromatic heterocycles. The van der Waals surface area contributed by atoms with Gasteiger partial charge in [0.2, 0.25) is 0 Å². The first-order chi connectivity index (χ1) is 32.0. The summed E-state index contributed by atoms with van der Waals surface area (Å²) in [5.74, 6) is -4.14. The minimum atomic E-state index is -0.972. The highest BCUT2D eigenvalue weighted by Gasteiger charge is 2.34. The number of piperidine rings is 2. The van der Waals surface area contributed by atoms with Crippen molar-refractivity contribution in [1.82, 2.24) is 9.80 Å². The minimum Gasteiger partial charge on any atom is -0.481 e. The van der Waals surface area contributed by atoms with Gasteiger partial charge in [0.05, 0.1) is 0 Å². The molecule has 4 saturated heterocycles. The second-order valence-electron chi connectivity index (χ2n) is 19.4. The molecule has 66 heavy (non-hydrogen) atoms. The first kappa shape index (κ1) is 56.6. The average molecular weight is 919 g/mol. The summed E-state index contributed by atoms with van der Waals surface area (Å²) in [5.41, 5.74) is 1.31. The lowest BCUT2D eigenvalue weighted by Crippen LogP contribution is -2.35. The van der Waals surface area contributed by atoms with Gasteiger partial charge in [0, 0.05) is 37.0 Å². The Morgan fingerprint density at radius 2 is 0.758 bits per heavy atom. The molecule has 4 fully saturated rings. The highest BCUT2D eigenvalue weighted by Crippen LogP contribution is 2.34. The molecule has 0 saturated carbocycles. The molecule has 0 radical (unpaired) electrons. The molecule has 2 aromatic carbocycles. The molecule has 4 aliphatic heterocycles. The van der Waals surface area contributed by atoms with E-state index in [0.717, 1.165) is 62.7 Å². The van der Waals surface area contributed by atoms with Gasteiger partial charge in [-0.1, -0.05) is 177 Å². The van der Waals surface area contributed by atoms with E-state index in [4.69, 9.17) is 9.47 Å². The minimum absolute atomic E-state index is 0.102. The van der Waals surface area contributed by atoms with E-state index in [-0.39, 0.29) is 25.2 Å². The molecular formula is C56H90N2O8. The Morgan fingerprint density at radius 3 is 1.03 bits per heavy atom. The number of carbonyl (C=O) groups is 4. The molecule has 372 valence electrons. The average Bonchev–Trinajstić information content (AvgIpc) is 3.59. The first-order valence-electron chi connectivity index (χ1n) is 26.4. The van der Waals surface area contributed by atoms with Gasteiger partial charge < -0.3 is 29.5 Å². The van der Waals surface area contributed by atoms with Crippen molar-refractivity contribution in [1.29, 1.82) is 0 Å². The quantitative estimate of drug-likeness (QED) is 0.0694. The van der Waals surface area contributed by atoms with E-state index in [1.165, 1.54) is 128 Å². The van der Waals surface area contributed by atoms with Crippen LogP contribution in [0.4, 0.5) is 0 Å². The van der Waals surface area contributed by atoms with Crippen LogP contribution in [0.3, 0.4) is 0 Å². The van der Waals surface area contributed by atoms with Gasteiger partial charge in [0.1, 0.15) is 25.0 Å². The smallest absolute Gasteiger partial charge is 0.314 e. The SMILES string of the molecule is CCCCCCCCCC(=O)OCC(C(=O)O)c1ccccc1.CCCCCCCCCCCC(=O)OCC(C(=O)O)c1ccccc1.CN1C2CCCC1CC2.CN1C2CCCC1CC2. The Hall–Kier alpha value is -3.76. The zero-order valence-electron chi connectivity index (χ0n) is 41.7. The monoisotopic (exact) mass is 919 g/mol. The summed E-state index contributed by atoms with van der Waals surface area (Å²) >= 11 is 0. The Bertz CT molecular complexity index is 1530. The largest absolute Gasteiger partial charge is 0.481 e. The number of benzene rings is 2. The Labute approximate surface area is 400 Å². The van der Waals surface area contributed by atoms with E-state index in [1.807, 2.05) is 12.1 Å². The van der Waals surface area contributed by atoms with E-state index in [0.29, 0.717) is 24.0 Å². The lowest BCUT2D eigenvalue weighted by atomic mass is 10.0. The molecule has 4 heterocycles. The fourth-order valence-electron chi connectivity index (χ4n) is 10.0. The maximum absolute atomic E-state index is 11.8. The summed E-state index contributed by atoms with van der Waals surface area (Å²) < 4.78 is 10.3. The van der Waals surface area contributed by atoms with Crippen molar-refractivity contribution in [3.8, 4) is 0 Å². The predicted molar refractivity (Wildman–Crippen MR) is 267 cm³/mol. The summed E-state index contributed by atoms with van der Waals surface area (Å²) in [5, 5.41) is 18.6. The molecule has 4 aliphatic rings. The number of fused-ring (bicyclic) bond motifs is 4. The van der Waals surface area contributed by atoms with Crippen LogP contribution in [0.15, 0.2) is 60.7 Å². The van der Waals surface area contributed by atoms with Gasteiger partial charge in [-0.25, -0.2) is 0 Å². The maximum Gasteiger partial charge on any atom is 0.314 e. The Kier molecular flexibility index (Phi) is 29.6. The number of ether oxygens (including phenoxy) is 2. The molecule has 10 nitrogen and oxygen atoms in total. The number of nitrogens with zero attached hydrogens (tertiary/aromatic N) is 2. The van der Waals surface area contributed by atoms with Crippen molar-refractivity contribution in [3.05, 3.63) is 71.8 Å². The molecule has 6 atom stereocenters. The van der Waals surface area contributed by atoms with Crippen molar-refractivity contribution in [2.24, 2.45) is 0 Å². The van der Waals surface area contributed by atoms with Crippen LogP contribution in [-0.4, -0.2) is 95.4 Å². The summed E-state index contributed by atoms with van der Waals surface area (Å²) in [4.78, 5) is 51.3. The van der Waals surface area contributed by atoms with Gasteiger partial charge in [0.25, 0.3) is 0 Å². The Balaban J connectivity index is 0.000000254. The van der Waals surface area contributed by atoms with Gasteiger partial charge in [-0.3, -0.25) is 19.2 Å². The molecule has 6 unspecified atom stereocenters. The molecule has 6 rings (SSSR count). The standard InChI is InChI=1S/C21H32O4.C19H28O4.2C8H15N/c1-2-3-4-5-6-7-8-9-13-16-20(22)25-17-19(21(23)24)18-14-11-10-12-15-18;1-2-3-4-5-6-7-11-14-18(20)23-15-17(19(21)22)16-12-9-8-10-13-16;2*1-9-7-3-2-4-8(9)6-5-7/h10-12,14-15,19H,2-9,13,16-17H2,1H3,(H,23,24);8-10,12-13,17H,2-7,11,14-15H2,1H3,(H,21,22);2*7-8H,2-6H2,1H3. The zero-order valence-corrected chi connectivity index (χ0v) is 41.7. The molecule has 10 heteroatoms. The summed E-state index contributed by atoms with van der Waals surface area (Å²) in [6.07, 6.45) is 34.2. The van der Waals surface area contributed by atoms with E-state index in [2.05, 4.69) is 37.7 Å². The normalized spacial score (nSPS) is 20.5. The van der Waals surface area contributed by atoms with Crippen molar-refractivity contribution in [2.75, 3.05) is 27.3 Å². The predicted octanol–water partition coefficient (Wildman–Crippen LogP) is 13.1. The van der Waals surface area contributed by atoms with Gasteiger partial charge >= 0.3 is 23.9 Å². The van der Waals surface area contributed by atoms with E-state index >= 15 is 0 Å². The number of aliphatic carboxylic acids is 2. The fourth-order valence-corrected chi connectivity index (χ4v) is 10.0. The van der Waals surface area contributed by atoms with Crippen molar-refractivity contribution >= 4 is 23.9 Å². The van der Waals surface area contributed by atoms with E-state index < -0.39 is 23.8 Å². The van der Waals surface area contributed by atoms with Crippen LogP contribution in [0.25, 0.3) is 0 Å². The molecule has 0 amide bonds. The van der Waals surface area contributed by atoms with Crippen LogP contribution >= 0.6 is 0 Å². The number of rotatable bonds is 26. The summed E-state index contributed by atoms with van der Waals surface area (Å²) in [7, 11) is 4.59. The lowest BCUT2D eigenvalue weighted by molar-refractivity contribution is -0.150. The summed E-state index contributed by atoms with van der Waals surface area (Å²) in [6, 6.07) is 21.6. The summed E-state index contributed by atoms with van der Waals surface area (Å²) in [6.45, 7) is 4.21. The first-order valence-corrected chi connectivity index (χ1v) is 26.4. The highest BCUT2D eigenvalue weighted by atomic mass is 16.5. The van der Waals surface area contributed by atoms with Crippen LogP contribution in [-0.2, 0) is 28.7 Å². The third-order valence-corrected chi connectivity index (χ3v) is 14.4. The number of hydrogen-bond acceptors (Lipinski definition) is 8. The fraction of sp³-hybridized carbons (Fsp3) is 0.714. The van der Waals surface area contributed by atoms with E-state index in [9.17, 15) is 29.4 Å². The lowest BCUT2D eigenvalue weighted by Gasteiger charge is -2.30. The van der Waals surface area contributed by atoms with E-state index in [1.54, 1.807) is 48.5 Å². The van der Waals surface area contributed by atoms with Crippen LogP contribution in [0.5, 0.6) is 0 Å². The van der Waals surface area contributed by atoms with Crippen LogP contribution in [0, 0.1) is 0 Å². The number of carboxylic acid groups (broad SMARTS) is 2. The van der Waals surface area contributed by atoms with Crippen molar-refractivity contribution < 1.29 is 38.9 Å². The van der Waals surface area contributed by atoms with Crippen LogP contribution in [0.1, 0.15) is 217 Å². The third kappa shape index (κ3) is 22.8. The van der Waals surface area contributed by atoms with Crippen molar-refractivity contribution in [2.45, 2.75) is 230 Å². The zero-order chi connectivity index (χ0) is 47.8. The molecule has 0 spiro atoms. The number of hydrogen-bond donors (Lipinski definition) is 2. The molecule has 0 aliphatic carbocycles. The van der Waals surface area contributed by atoms with Crippen LogP contribution < -0.4 is 0 Å². The van der Waals surface area contributed by atoms with Crippen molar-refractivity contribution in [3.63, 3.8) is 0 Å². The topological polar surface area (TPSA) is 134 Å². The molecule has 4 bridgehead atoms. The molecule has 2 aromatic rings. The molecular weight excluding hydrogens is 829 g/mol. The van der Waals surface area contributed by atoms with Crippen LogP contribution in [0.2, 0.25) is 0 Å². The number of esters is 2. The number of carbonyl (C=O) groups excluding carboxylic acids is 2. The van der Waals surface area contributed by atoms with Gasteiger partial charge in [-0.2, -0.15) is 0 Å². The molecule has 2 N–H and O–H groups in total. The Morgan fingerprint density at radius 1 is 0.470 bits per heavy atom. The van der Waals surface area contributed by atoms with Gasteiger partial charge in [0.15, 0.2) is 0 Å². The van der Waals surface area contributed by atoms with Gasteiger partial charge in [-0.15, -0.1) is 0 Å². The maximum atomic E-state index is 11.8.